The van der Waals surface area contributed by atoms with Crippen LogP contribution >= 0.6 is 0 Å². The number of rotatable bonds is 1. The zero-order valence-electron chi connectivity index (χ0n) is 6.49. The molecule has 0 bridgehead atoms. The van der Waals surface area contributed by atoms with Crippen molar-refractivity contribution in [3.8, 4) is 0 Å². The van der Waals surface area contributed by atoms with Gasteiger partial charge in [0.1, 0.15) is 11.9 Å². The molecule has 0 radical (unpaired) electrons. The summed E-state index contributed by atoms with van der Waals surface area (Å²) in [5.74, 6) is 0.168. The average Bonchev–Trinajstić information content (AvgIpc) is 1.97. The molecule has 0 heterocycles. The first-order valence-corrected chi connectivity index (χ1v) is 3.71. The summed E-state index contributed by atoms with van der Waals surface area (Å²) in [7, 11) is 0. The fraction of sp³-hybridized carbons (Fsp3) is 0.333. The molecule has 2 N–H and O–H groups in total. The van der Waals surface area contributed by atoms with E-state index in [0.717, 1.165) is 6.42 Å². The van der Waals surface area contributed by atoms with Gasteiger partial charge in [0.2, 0.25) is 0 Å². The van der Waals surface area contributed by atoms with Crippen LogP contribution in [0.3, 0.4) is 0 Å². The van der Waals surface area contributed by atoms with E-state index in [0.29, 0.717) is 5.57 Å². The SMILES string of the molecule is CCC=C1C(O)=CC=CC1O. The minimum absolute atomic E-state index is 0.168. The molecule has 2 nitrogen and oxygen atoms in total. The molecule has 0 amide bonds. The maximum absolute atomic E-state index is 9.31. The van der Waals surface area contributed by atoms with Crippen LogP contribution in [0.5, 0.6) is 0 Å². The van der Waals surface area contributed by atoms with E-state index >= 15 is 0 Å². The topological polar surface area (TPSA) is 40.5 Å². The minimum Gasteiger partial charge on any atom is -0.508 e. The molecule has 1 atom stereocenters. The van der Waals surface area contributed by atoms with Crippen LogP contribution in [-0.2, 0) is 0 Å². The standard InChI is InChI=1S/C9H12O2/c1-2-4-7-8(10)5-3-6-9(7)11/h3-6,8,10-11H,2H2,1H3. The summed E-state index contributed by atoms with van der Waals surface area (Å²) in [6.07, 6.45) is 6.86. The molecule has 0 saturated heterocycles. The van der Waals surface area contributed by atoms with Crippen molar-refractivity contribution >= 4 is 0 Å². The van der Waals surface area contributed by atoms with Gasteiger partial charge in [-0.3, -0.25) is 0 Å². The summed E-state index contributed by atoms with van der Waals surface area (Å²) in [4.78, 5) is 0. The summed E-state index contributed by atoms with van der Waals surface area (Å²) < 4.78 is 0. The molecule has 0 aromatic rings. The van der Waals surface area contributed by atoms with Gasteiger partial charge in [0.15, 0.2) is 0 Å². The molecular weight excluding hydrogens is 140 g/mol. The van der Waals surface area contributed by atoms with E-state index in [1.165, 1.54) is 0 Å². The van der Waals surface area contributed by atoms with E-state index < -0.39 is 6.10 Å². The Bertz CT molecular complexity index is 224. The zero-order valence-corrected chi connectivity index (χ0v) is 6.49. The second-order valence-electron chi connectivity index (χ2n) is 2.45. The number of aliphatic hydroxyl groups excluding tert-OH is 2. The summed E-state index contributed by atoms with van der Waals surface area (Å²) in [5, 5.41) is 18.6. The summed E-state index contributed by atoms with van der Waals surface area (Å²) in [5.41, 5.74) is 0.606. The van der Waals surface area contributed by atoms with Crippen molar-refractivity contribution in [1.82, 2.24) is 0 Å². The monoisotopic (exact) mass is 152 g/mol. The van der Waals surface area contributed by atoms with Crippen LogP contribution in [-0.4, -0.2) is 16.3 Å². The average molecular weight is 152 g/mol. The molecule has 1 aliphatic carbocycles. The fourth-order valence-corrected chi connectivity index (χ4v) is 1.05. The largest absolute Gasteiger partial charge is 0.508 e. The highest BCUT2D eigenvalue weighted by Gasteiger charge is 2.13. The number of hydrogen-bond donors (Lipinski definition) is 2. The van der Waals surface area contributed by atoms with Gasteiger partial charge in [0.05, 0.1) is 0 Å². The van der Waals surface area contributed by atoms with Crippen LogP contribution in [0.25, 0.3) is 0 Å². The third-order valence-corrected chi connectivity index (χ3v) is 1.59. The Morgan fingerprint density at radius 2 is 2.36 bits per heavy atom. The smallest absolute Gasteiger partial charge is 0.121 e. The number of hydrogen-bond acceptors (Lipinski definition) is 2. The second-order valence-corrected chi connectivity index (χ2v) is 2.45. The van der Waals surface area contributed by atoms with Crippen molar-refractivity contribution in [2.75, 3.05) is 0 Å². The van der Waals surface area contributed by atoms with Crippen LogP contribution in [0.4, 0.5) is 0 Å². The second kappa shape index (κ2) is 3.39. The van der Waals surface area contributed by atoms with Crippen LogP contribution in [0.2, 0.25) is 0 Å². The lowest BCUT2D eigenvalue weighted by Crippen LogP contribution is -2.11. The molecule has 0 fully saturated rings. The normalized spacial score (nSPS) is 27.3. The molecule has 0 aromatic heterocycles. The van der Waals surface area contributed by atoms with E-state index in [9.17, 15) is 10.2 Å². The Kier molecular flexibility index (Phi) is 2.49. The van der Waals surface area contributed by atoms with Gasteiger partial charge in [-0.1, -0.05) is 25.2 Å². The van der Waals surface area contributed by atoms with Gasteiger partial charge in [-0.25, -0.2) is 0 Å². The minimum atomic E-state index is -0.639. The third kappa shape index (κ3) is 1.71. The molecule has 60 valence electrons. The number of allylic oxidation sites excluding steroid dienone is 3. The Balaban J connectivity index is 2.86. The summed E-state index contributed by atoms with van der Waals surface area (Å²) >= 11 is 0. The van der Waals surface area contributed by atoms with Crippen LogP contribution in [0.1, 0.15) is 13.3 Å². The maximum atomic E-state index is 9.31. The van der Waals surface area contributed by atoms with E-state index in [-0.39, 0.29) is 5.76 Å². The molecule has 1 aliphatic rings. The van der Waals surface area contributed by atoms with Crippen molar-refractivity contribution in [2.45, 2.75) is 19.4 Å². The zero-order chi connectivity index (χ0) is 8.27. The first-order chi connectivity index (χ1) is 5.25. The number of aliphatic hydroxyl groups is 2. The van der Waals surface area contributed by atoms with Gasteiger partial charge >= 0.3 is 0 Å². The quantitative estimate of drug-likeness (QED) is 0.600. The molecule has 0 spiro atoms. The lowest BCUT2D eigenvalue weighted by molar-refractivity contribution is 0.246. The van der Waals surface area contributed by atoms with Gasteiger partial charge in [0.25, 0.3) is 0 Å². The predicted molar refractivity (Wildman–Crippen MR) is 44.2 cm³/mol. The van der Waals surface area contributed by atoms with Crippen LogP contribution < -0.4 is 0 Å². The van der Waals surface area contributed by atoms with Crippen molar-refractivity contribution in [3.05, 3.63) is 35.6 Å². The van der Waals surface area contributed by atoms with E-state index in [1.54, 1.807) is 18.2 Å². The Morgan fingerprint density at radius 1 is 1.64 bits per heavy atom. The Hall–Kier alpha value is -1.02. The van der Waals surface area contributed by atoms with Gasteiger partial charge in [-0.2, -0.15) is 0 Å². The van der Waals surface area contributed by atoms with E-state index in [4.69, 9.17) is 0 Å². The molecule has 2 heteroatoms. The molecule has 1 rings (SSSR count). The molecule has 1 unspecified atom stereocenters. The highest BCUT2D eigenvalue weighted by molar-refractivity contribution is 5.38. The van der Waals surface area contributed by atoms with Crippen LogP contribution in [0.15, 0.2) is 35.6 Å². The maximum Gasteiger partial charge on any atom is 0.121 e. The van der Waals surface area contributed by atoms with E-state index in [2.05, 4.69) is 0 Å². The van der Waals surface area contributed by atoms with Crippen molar-refractivity contribution < 1.29 is 10.2 Å². The predicted octanol–water partition coefficient (Wildman–Crippen LogP) is 1.70. The van der Waals surface area contributed by atoms with E-state index in [1.807, 2.05) is 13.0 Å². The van der Waals surface area contributed by atoms with Crippen molar-refractivity contribution in [2.24, 2.45) is 0 Å². The molecule has 0 aliphatic heterocycles. The molecule has 11 heavy (non-hydrogen) atoms. The third-order valence-electron chi connectivity index (χ3n) is 1.59. The highest BCUT2D eigenvalue weighted by atomic mass is 16.3. The highest BCUT2D eigenvalue weighted by Crippen LogP contribution is 2.17. The summed E-state index contributed by atoms with van der Waals surface area (Å²) in [6.45, 7) is 1.96. The van der Waals surface area contributed by atoms with Gasteiger partial charge < -0.3 is 10.2 Å². The van der Waals surface area contributed by atoms with Crippen molar-refractivity contribution in [1.29, 1.82) is 0 Å². The Morgan fingerprint density at radius 3 is 2.91 bits per heavy atom. The van der Waals surface area contributed by atoms with Crippen molar-refractivity contribution in [3.63, 3.8) is 0 Å². The Labute approximate surface area is 66.2 Å². The lowest BCUT2D eigenvalue weighted by Gasteiger charge is -2.13. The van der Waals surface area contributed by atoms with Gasteiger partial charge in [-0.15, -0.1) is 0 Å². The first kappa shape index (κ1) is 8.08. The molecule has 0 aromatic carbocycles. The summed E-state index contributed by atoms with van der Waals surface area (Å²) in [6, 6.07) is 0. The fourth-order valence-electron chi connectivity index (χ4n) is 1.05. The lowest BCUT2D eigenvalue weighted by atomic mass is 10.0. The molecule has 0 saturated carbocycles. The van der Waals surface area contributed by atoms with Crippen LogP contribution in [0, 0.1) is 0 Å². The first-order valence-electron chi connectivity index (χ1n) is 3.71. The van der Waals surface area contributed by atoms with Gasteiger partial charge in [-0.05, 0) is 12.5 Å². The van der Waals surface area contributed by atoms with Gasteiger partial charge in [0, 0.05) is 5.57 Å². The molecular formula is C9H12O2.